The highest BCUT2D eigenvalue weighted by molar-refractivity contribution is 7.89. The van der Waals surface area contributed by atoms with Gasteiger partial charge in [0.2, 0.25) is 10.0 Å². The minimum absolute atomic E-state index is 0.421. The number of unbranched alkanes of at least 4 members (excludes halogenated alkanes) is 1. The van der Waals surface area contributed by atoms with E-state index in [1.807, 2.05) is 24.3 Å². The minimum Gasteiger partial charge on any atom is -0.207 e. The fourth-order valence-electron chi connectivity index (χ4n) is 5.29. The standard InChI is InChI=1S/C18H16.C13H17NO2S/c1-3-7-15-13(5-1)9-11-18-16-8-4-2-6-14(16)10-12-17(15)18;1-2-3-10-14-11-6-8-12-7-4-5-9-13(12)17(14,15)16/h1,3,5-7,9-10,12H,2,4,8,11H2;4-9H,2-3,10-11H2,1H3. The lowest BCUT2D eigenvalue weighted by molar-refractivity contribution is 0.434. The van der Waals surface area contributed by atoms with E-state index in [4.69, 9.17) is 0 Å². The van der Waals surface area contributed by atoms with E-state index in [-0.39, 0.29) is 0 Å². The lowest BCUT2D eigenvalue weighted by atomic mass is 9.89. The Kier molecular flexibility index (Phi) is 7.03. The molecule has 0 saturated heterocycles. The third-order valence-electron chi connectivity index (χ3n) is 7.14. The summed E-state index contributed by atoms with van der Waals surface area (Å²) in [6.45, 7) is 3.13. The molecule has 1 heterocycles. The van der Waals surface area contributed by atoms with Crippen LogP contribution in [0.3, 0.4) is 0 Å². The highest BCUT2D eigenvalue weighted by Gasteiger charge is 2.26. The SMILES string of the molecule is C1=c2ccc3c(c2CCC1)CC=c1ccccc1=3.CCCCN1CC=Cc2ccccc2S1(=O)=O. The molecule has 0 amide bonds. The van der Waals surface area contributed by atoms with Crippen LogP contribution in [0.5, 0.6) is 0 Å². The van der Waals surface area contributed by atoms with Gasteiger partial charge < -0.3 is 0 Å². The third-order valence-corrected chi connectivity index (χ3v) is 9.08. The van der Waals surface area contributed by atoms with Crippen LogP contribution in [-0.4, -0.2) is 25.8 Å². The third kappa shape index (κ3) is 4.78. The molecule has 180 valence electrons. The second kappa shape index (κ2) is 10.3. The summed E-state index contributed by atoms with van der Waals surface area (Å²) in [5.41, 5.74) is 3.96. The molecule has 3 aliphatic rings. The Labute approximate surface area is 208 Å². The van der Waals surface area contributed by atoms with Crippen molar-refractivity contribution in [1.82, 2.24) is 4.31 Å². The van der Waals surface area contributed by atoms with Crippen LogP contribution in [0.15, 0.2) is 71.6 Å². The molecular formula is C31H33NO2S. The van der Waals surface area contributed by atoms with Crippen LogP contribution in [0.1, 0.15) is 49.3 Å². The Morgan fingerprint density at radius 3 is 2.57 bits per heavy atom. The number of nitrogens with zero attached hydrogens (tertiary/aromatic N) is 1. The quantitative estimate of drug-likeness (QED) is 0.530. The van der Waals surface area contributed by atoms with Crippen LogP contribution in [0.2, 0.25) is 0 Å². The van der Waals surface area contributed by atoms with Crippen LogP contribution in [0.25, 0.3) is 18.2 Å². The maximum atomic E-state index is 12.4. The Hall–Kier alpha value is -2.95. The molecular weight excluding hydrogens is 450 g/mol. The van der Waals surface area contributed by atoms with E-state index < -0.39 is 10.0 Å². The van der Waals surface area contributed by atoms with Gasteiger partial charge in [-0.3, -0.25) is 0 Å². The Morgan fingerprint density at radius 1 is 0.857 bits per heavy atom. The summed E-state index contributed by atoms with van der Waals surface area (Å²) in [4.78, 5) is 0.421. The van der Waals surface area contributed by atoms with Crippen molar-refractivity contribution in [1.29, 1.82) is 0 Å². The largest absolute Gasteiger partial charge is 0.243 e. The molecule has 0 atom stereocenters. The first kappa shape index (κ1) is 23.8. The molecule has 0 radical (unpaired) electrons. The van der Waals surface area contributed by atoms with E-state index >= 15 is 0 Å². The first-order valence-electron chi connectivity index (χ1n) is 12.8. The predicted octanol–water partition coefficient (Wildman–Crippen LogP) is 4.93. The molecule has 0 bridgehead atoms. The van der Waals surface area contributed by atoms with Gasteiger partial charge in [0.1, 0.15) is 0 Å². The molecule has 35 heavy (non-hydrogen) atoms. The van der Waals surface area contributed by atoms with Crippen LogP contribution in [0, 0.1) is 10.4 Å². The van der Waals surface area contributed by atoms with Gasteiger partial charge in [-0.15, -0.1) is 0 Å². The fourth-order valence-corrected chi connectivity index (χ4v) is 6.90. The van der Waals surface area contributed by atoms with Gasteiger partial charge in [0.25, 0.3) is 0 Å². The zero-order valence-corrected chi connectivity index (χ0v) is 21.2. The second-order valence-electron chi connectivity index (χ2n) is 9.41. The van der Waals surface area contributed by atoms with Gasteiger partial charge in [0, 0.05) is 13.1 Å². The van der Waals surface area contributed by atoms with Crippen molar-refractivity contribution in [3.8, 4) is 0 Å². The average molecular weight is 484 g/mol. The number of rotatable bonds is 3. The smallest absolute Gasteiger partial charge is 0.207 e. The van der Waals surface area contributed by atoms with Gasteiger partial charge in [-0.2, -0.15) is 4.31 Å². The second-order valence-corrected chi connectivity index (χ2v) is 11.3. The van der Waals surface area contributed by atoms with Gasteiger partial charge in [0.05, 0.1) is 4.90 Å². The maximum absolute atomic E-state index is 12.4. The zero-order valence-electron chi connectivity index (χ0n) is 20.4. The van der Waals surface area contributed by atoms with Gasteiger partial charge in [0.15, 0.2) is 0 Å². The first-order valence-corrected chi connectivity index (χ1v) is 14.2. The van der Waals surface area contributed by atoms with Crippen molar-refractivity contribution in [2.75, 3.05) is 13.1 Å². The van der Waals surface area contributed by atoms with Crippen LogP contribution in [-0.2, 0) is 22.9 Å². The van der Waals surface area contributed by atoms with E-state index in [1.165, 1.54) is 40.1 Å². The highest BCUT2D eigenvalue weighted by atomic mass is 32.2. The molecule has 6 rings (SSSR count). The number of sulfonamides is 1. The number of fused-ring (bicyclic) bond motifs is 5. The molecule has 3 nitrogen and oxygen atoms in total. The van der Waals surface area contributed by atoms with Crippen LogP contribution in [0.4, 0.5) is 0 Å². The Balaban J connectivity index is 0.000000145. The van der Waals surface area contributed by atoms with E-state index in [9.17, 15) is 8.42 Å². The summed E-state index contributed by atoms with van der Waals surface area (Å²) < 4.78 is 26.4. The van der Waals surface area contributed by atoms with Crippen LogP contribution < -0.4 is 10.4 Å². The highest BCUT2D eigenvalue weighted by Crippen LogP contribution is 2.24. The van der Waals surface area contributed by atoms with Crippen molar-refractivity contribution in [3.05, 3.63) is 104 Å². The lowest BCUT2D eigenvalue weighted by Crippen LogP contribution is -2.31. The fraction of sp³-hybridized carbons (Fsp3) is 0.290. The Bertz CT molecular complexity index is 1590. The van der Waals surface area contributed by atoms with Gasteiger partial charge in [-0.05, 0) is 75.7 Å². The number of hydrogen-bond acceptors (Lipinski definition) is 2. The molecule has 0 N–H and O–H groups in total. The summed E-state index contributed by atoms with van der Waals surface area (Å²) >= 11 is 0. The molecule has 2 aliphatic carbocycles. The normalized spacial score (nSPS) is 17.2. The molecule has 0 spiro atoms. The molecule has 4 heteroatoms. The number of hydrogen-bond donors (Lipinski definition) is 0. The van der Waals surface area contributed by atoms with Gasteiger partial charge in [-0.25, -0.2) is 8.42 Å². The first-order chi connectivity index (χ1) is 17.1. The van der Waals surface area contributed by atoms with Crippen molar-refractivity contribution in [2.45, 2.75) is 50.3 Å². The van der Waals surface area contributed by atoms with Crippen LogP contribution >= 0.6 is 0 Å². The Morgan fingerprint density at radius 2 is 1.69 bits per heavy atom. The van der Waals surface area contributed by atoms with E-state index in [0.717, 1.165) is 24.8 Å². The van der Waals surface area contributed by atoms with Gasteiger partial charge >= 0.3 is 0 Å². The van der Waals surface area contributed by atoms with Crippen molar-refractivity contribution < 1.29 is 8.42 Å². The van der Waals surface area contributed by atoms with Crippen molar-refractivity contribution in [3.63, 3.8) is 0 Å². The summed E-state index contributed by atoms with van der Waals surface area (Å²) in [6.07, 6.45) is 15.4. The van der Waals surface area contributed by atoms with E-state index in [2.05, 4.69) is 55.5 Å². The monoisotopic (exact) mass is 483 g/mol. The van der Waals surface area contributed by atoms with Gasteiger partial charge in [-0.1, -0.05) is 92.2 Å². The average Bonchev–Trinajstić information content (AvgIpc) is 3.03. The molecule has 3 aromatic carbocycles. The summed E-state index contributed by atoms with van der Waals surface area (Å²) in [7, 11) is -3.32. The van der Waals surface area contributed by atoms with E-state index in [1.54, 1.807) is 27.6 Å². The topological polar surface area (TPSA) is 37.4 Å². The summed E-state index contributed by atoms with van der Waals surface area (Å²) in [6, 6.07) is 20.5. The van der Waals surface area contributed by atoms with Crippen molar-refractivity contribution in [2.24, 2.45) is 0 Å². The molecule has 0 unspecified atom stereocenters. The molecule has 0 saturated carbocycles. The number of benzene rings is 3. The van der Waals surface area contributed by atoms with E-state index in [0.29, 0.717) is 18.0 Å². The summed E-state index contributed by atoms with van der Waals surface area (Å²) in [5.74, 6) is 0. The summed E-state index contributed by atoms with van der Waals surface area (Å²) in [5, 5.41) is 5.74. The van der Waals surface area contributed by atoms with Crippen molar-refractivity contribution >= 4 is 28.3 Å². The molecule has 0 fully saturated rings. The minimum atomic E-state index is -3.32. The predicted molar refractivity (Wildman–Crippen MR) is 145 cm³/mol. The zero-order chi connectivity index (χ0) is 24.3. The lowest BCUT2D eigenvalue weighted by Gasteiger charge is -2.19. The molecule has 0 aromatic heterocycles. The molecule has 3 aromatic rings. The molecule has 1 aliphatic heterocycles. The maximum Gasteiger partial charge on any atom is 0.243 e.